The minimum absolute atomic E-state index is 0.0737. The molecule has 35 heavy (non-hydrogen) atoms. The first-order valence-electron chi connectivity index (χ1n) is 10.7. The molecule has 1 aromatic rings. The lowest BCUT2D eigenvalue weighted by Gasteiger charge is -2.17. The Morgan fingerprint density at radius 3 is 2.71 bits per heavy atom. The van der Waals surface area contributed by atoms with Crippen LogP contribution in [0, 0.1) is 13.5 Å². The van der Waals surface area contributed by atoms with E-state index in [9.17, 15) is 29.1 Å². The third-order valence-electron chi connectivity index (χ3n) is 5.00. The Bertz CT molecular complexity index is 1060. The van der Waals surface area contributed by atoms with E-state index in [1.807, 2.05) is 0 Å². The van der Waals surface area contributed by atoms with E-state index < -0.39 is 60.6 Å². The van der Waals surface area contributed by atoms with Gasteiger partial charge in [0.1, 0.15) is 18.4 Å². The summed E-state index contributed by atoms with van der Waals surface area (Å²) in [7, 11) is 0. The van der Waals surface area contributed by atoms with E-state index in [1.165, 1.54) is 13.1 Å². The van der Waals surface area contributed by atoms with Crippen LogP contribution < -0.4 is 21.9 Å². The molecule has 0 bridgehead atoms. The molecular weight excluding hydrogens is 470 g/mol. The van der Waals surface area contributed by atoms with Crippen LogP contribution in [0.3, 0.4) is 0 Å². The van der Waals surface area contributed by atoms with Crippen LogP contribution in [0.5, 0.6) is 0 Å². The molecule has 0 aromatic carbocycles. The Hall–Kier alpha value is -3.90. The van der Waals surface area contributed by atoms with Crippen LogP contribution >= 0.6 is 0 Å². The molecule has 2 rings (SSSR count). The largest absolute Gasteiger partial charge is 0.506 e. The van der Waals surface area contributed by atoms with Gasteiger partial charge in [0.2, 0.25) is 5.91 Å². The lowest BCUT2D eigenvalue weighted by atomic mass is 10.2. The number of nitrogens with one attached hydrogen (secondary N) is 3. The molecule has 0 spiro atoms. The third-order valence-corrected chi connectivity index (χ3v) is 5.00. The van der Waals surface area contributed by atoms with E-state index in [2.05, 4.69) is 25.2 Å². The number of aliphatic hydroxyl groups excluding tert-OH is 1. The predicted octanol–water partition coefficient (Wildman–Crippen LogP) is -0.901. The van der Waals surface area contributed by atoms with Crippen molar-refractivity contribution in [1.82, 2.24) is 20.2 Å². The van der Waals surface area contributed by atoms with E-state index in [0.717, 1.165) is 4.57 Å². The van der Waals surface area contributed by atoms with Crippen LogP contribution in [0.1, 0.15) is 31.1 Å². The van der Waals surface area contributed by atoms with Crippen LogP contribution in [0.15, 0.2) is 15.8 Å². The van der Waals surface area contributed by atoms with Gasteiger partial charge in [0.15, 0.2) is 6.10 Å². The zero-order valence-electron chi connectivity index (χ0n) is 18.9. The summed E-state index contributed by atoms with van der Waals surface area (Å²) in [5, 5.41) is 23.2. The molecule has 0 unspecified atom stereocenters. The molecule has 0 aliphatic carbocycles. The number of carbonyl (C=O) groups is 3. The molecular formula is C20H27N5O10. The molecule has 192 valence electrons. The number of aryl methyl sites for hydroxylation is 1. The summed E-state index contributed by atoms with van der Waals surface area (Å²) >= 11 is 0. The summed E-state index contributed by atoms with van der Waals surface area (Å²) in [5.41, 5.74) is -0.924. The predicted molar refractivity (Wildman–Crippen MR) is 117 cm³/mol. The molecule has 15 nitrogen and oxygen atoms in total. The molecule has 1 saturated heterocycles. The Morgan fingerprint density at radius 2 is 2.06 bits per heavy atom. The Morgan fingerprint density at radius 1 is 1.34 bits per heavy atom. The normalized spacial score (nSPS) is 19.9. The van der Waals surface area contributed by atoms with Crippen LogP contribution in [0.4, 0.5) is 9.59 Å². The fourth-order valence-electron chi connectivity index (χ4n) is 3.31. The van der Waals surface area contributed by atoms with Gasteiger partial charge in [0, 0.05) is 31.3 Å². The second kappa shape index (κ2) is 13.1. The van der Waals surface area contributed by atoms with Crippen molar-refractivity contribution in [3.63, 3.8) is 0 Å². The number of amides is 2. The molecule has 2 heterocycles. The summed E-state index contributed by atoms with van der Waals surface area (Å²) in [6.07, 6.45) is -4.57. The summed E-state index contributed by atoms with van der Waals surface area (Å²) < 4.78 is 16.5. The standard InChI is InChI=1S/C20H27N5O10/c1-11-9-25(18(29)24-17(11)28)16-7-13(14(10-26)34-16)35-19(30)23-5-3-4-22-15(27)6-12(8-21-2)33-20(31)32/h9,12-14,16,26H,3-8,10H2,1H3,(H,22,27)(H,23,30)(H,31,32)(H,24,28,29)/t12-,13+,14+,16+/m0/s1. The van der Waals surface area contributed by atoms with Crippen molar-refractivity contribution >= 4 is 18.2 Å². The lowest BCUT2D eigenvalue weighted by molar-refractivity contribution is -0.123. The molecule has 15 heteroatoms. The van der Waals surface area contributed by atoms with Crippen LogP contribution in [-0.4, -0.2) is 82.5 Å². The van der Waals surface area contributed by atoms with Gasteiger partial charge in [-0.05, 0) is 13.3 Å². The first kappa shape index (κ1) is 27.3. The quantitative estimate of drug-likeness (QED) is 0.145. The van der Waals surface area contributed by atoms with Gasteiger partial charge < -0.3 is 39.9 Å². The van der Waals surface area contributed by atoms with Crippen LogP contribution in [-0.2, 0) is 19.0 Å². The van der Waals surface area contributed by atoms with Gasteiger partial charge in [-0.25, -0.2) is 21.0 Å². The highest BCUT2D eigenvalue weighted by molar-refractivity contribution is 5.76. The van der Waals surface area contributed by atoms with Gasteiger partial charge in [0.25, 0.3) is 12.1 Å². The SMILES string of the molecule is [C-]#[N+]C[C@H](CC(=O)NCCCNC(=O)O[C@@H]1C[C@H](n2cc(C)c(=O)[nH]c2=O)O[C@@H]1CO)OC(=O)O. The van der Waals surface area contributed by atoms with E-state index in [4.69, 9.17) is 21.2 Å². The average molecular weight is 497 g/mol. The minimum Gasteiger partial charge on any atom is -0.450 e. The fraction of sp³-hybridized carbons (Fsp3) is 0.600. The van der Waals surface area contributed by atoms with Gasteiger partial charge in [-0.1, -0.05) is 0 Å². The highest BCUT2D eigenvalue weighted by atomic mass is 16.7. The number of alkyl carbamates (subject to hydrolysis) is 1. The Kier molecular flexibility index (Phi) is 10.2. The van der Waals surface area contributed by atoms with Crippen molar-refractivity contribution < 1.29 is 38.8 Å². The maximum Gasteiger partial charge on any atom is 0.506 e. The molecule has 1 aromatic heterocycles. The summed E-state index contributed by atoms with van der Waals surface area (Å²) in [4.78, 5) is 63.3. The molecule has 1 aliphatic heterocycles. The number of rotatable bonds is 11. The number of carboxylic acid groups (broad SMARTS) is 1. The van der Waals surface area contributed by atoms with E-state index >= 15 is 0 Å². The number of carbonyl (C=O) groups excluding carboxylic acids is 2. The van der Waals surface area contributed by atoms with Crippen molar-refractivity contribution in [2.45, 2.75) is 50.7 Å². The number of aliphatic hydroxyl groups is 1. The third kappa shape index (κ3) is 8.43. The van der Waals surface area contributed by atoms with Gasteiger partial charge in [-0.15, -0.1) is 0 Å². The van der Waals surface area contributed by atoms with Gasteiger partial charge in [-0.2, -0.15) is 0 Å². The number of aromatic amines is 1. The Labute approximate surface area is 198 Å². The fourth-order valence-corrected chi connectivity index (χ4v) is 3.31. The molecule has 0 radical (unpaired) electrons. The molecule has 4 atom stereocenters. The minimum atomic E-state index is -1.57. The van der Waals surface area contributed by atoms with E-state index in [0.29, 0.717) is 12.0 Å². The highest BCUT2D eigenvalue weighted by Gasteiger charge is 2.39. The first-order valence-corrected chi connectivity index (χ1v) is 10.7. The number of hydrogen-bond acceptors (Lipinski definition) is 9. The highest BCUT2D eigenvalue weighted by Crippen LogP contribution is 2.29. The maximum atomic E-state index is 12.1. The number of hydrogen-bond donors (Lipinski definition) is 5. The molecule has 2 amide bonds. The average Bonchev–Trinajstić information content (AvgIpc) is 3.18. The first-order chi connectivity index (χ1) is 16.6. The summed E-state index contributed by atoms with van der Waals surface area (Å²) in [6, 6.07) is 0. The van der Waals surface area contributed by atoms with E-state index in [1.54, 1.807) is 0 Å². The maximum absolute atomic E-state index is 12.1. The second-order valence-electron chi connectivity index (χ2n) is 7.65. The zero-order chi connectivity index (χ0) is 26.0. The smallest absolute Gasteiger partial charge is 0.450 e. The van der Waals surface area contributed by atoms with Crippen molar-refractivity contribution in [1.29, 1.82) is 0 Å². The zero-order valence-corrected chi connectivity index (χ0v) is 18.9. The van der Waals surface area contributed by atoms with Crippen LogP contribution in [0.25, 0.3) is 4.85 Å². The van der Waals surface area contributed by atoms with Crippen molar-refractivity contribution in [3.8, 4) is 0 Å². The molecule has 1 aliphatic rings. The number of nitrogens with zero attached hydrogens (tertiary/aromatic N) is 2. The topological polar surface area (TPSA) is 203 Å². The Balaban J connectivity index is 1.75. The van der Waals surface area contributed by atoms with Gasteiger partial charge in [-0.3, -0.25) is 19.1 Å². The van der Waals surface area contributed by atoms with Gasteiger partial charge >= 0.3 is 17.9 Å². The number of aromatic nitrogens is 2. The van der Waals surface area contributed by atoms with Crippen LogP contribution in [0.2, 0.25) is 0 Å². The number of H-pyrrole nitrogens is 1. The molecule has 1 fully saturated rings. The molecule has 0 saturated carbocycles. The monoisotopic (exact) mass is 497 g/mol. The summed E-state index contributed by atoms with van der Waals surface area (Å²) in [6.45, 7) is 7.85. The van der Waals surface area contributed by atoms with E-state index in [-0.39, 0.29) is 32.5 Å². The van der Waals surface area contributed by atoms with Crippen molar-refractivity contribution in [2.24, 2.45) is 0 Å². The second-order valence-corrected chi connectivity index (χ2v) is 7.65. The molecule has 5 N–H and O–H groups in total. The summed E-state index contributed by atoms with van der Waals surface area (Å²) in [5.74, 6) is -0.504. The lowest BCUT2D eigenvalue weighted by Crippen LogP contribution is -2.36. The van der Waals surface area contributed by atoms with Crippen molar-refractivity contribution in [3.05, 3.63) is 44.0 Å². The van der Waals surface area contributed by atoms with Gasteiger partial charge in [0.05, 0.1) is 13.0 Å². The number of ether oxygens (including phenoxy) is 3. The van der Waals surface area contributed by atoms with Crippen molar-refractivity contribution in [2.75, 3.05) is 26.2 Å².